The van der Waals surface area contributed by atoms with E-state index in [2.05, 4.69) is 25.3 Å². The second kappa shape index (κ2) is 9.30. The van der Waals surface area contributed by atoms with Crippen LogP contribution in [0.4, 0.5) is 5.95 Å². The lowest BCUT2D eigenvalue weighted by Crippen LogP contribution is -2.36. The van der Waals surface area contributed by atoms with Crippen molar-refractivity contribution in [1.29, 1.82) is 0 Å². The largest absolute Gasteiger partial charge is 0.394 e. The molecule has 1 aliphatic rings. The fraction of sp³-hybridized carbons (Fsp3) is 0.588. The smallest absolute Gasteiger partial charge is 0.280 e. The first-order valence-corrected chi connectivity index (χ1v) is 9.29. The minimum atomic E-state index is -1.16. The van der Waals surface area contributed by atoms with Crippen LogP contribution in [0.15, 0.2) is 16.1 Å². The zero-order valence-electron chi connectivity index (χ0n) is 16.8. The van der Waals surface area contributed by atoms with Gasteiger partial charge in [0.25, 0.3) is 5.56 Å². The highest BCUT2D eigenvalue weighted by molar-refractivity contribution is 5.75. The van der Waals surface area contributed by atoms with Gasteiger partial charge in [-0.3, -0.25) is 19.1 Å². The number of imidazole rings is 1. The van der Waals surface area contributed by atoms with Gasteiger partial charge in [0.2, 0.25) is 11.9 Å². The van der Waals surface area contributed by atoms with E-state index in [-0.39, 0.29) is 36.0 Å². The predicted molar refractivity (Wildman–Crippen MR) is 105 cm³/mol. The number of nitrogens with zero attached hydrogens (tertiary/aromatic N) is 5. The summed E-state index contributed by atoms with van der Waals surface area (Å²) in [5.74, 6) is -0.152. The van der Waals surface area contributed by atoms with Crippen LogP contribution in [0.3, 0.4) is 0 Å². The Bertz CT molecular complexity index is 971. The Morgan fingerprint density at radius 2 is 2.30 bits per heavy atom. The van der Waals surface area contributed by atoms with E-state index in [0.717, 1.165) is 0 Å². The molecule has 0 bridgehead atoms. The molecule has 13 heteroatoms. The summed E-state index contributed by atoms with van der Waals surface area (Å²) in [7, 11) is 5.06. The molecular formula is C17H25N7O6. The quantitative estimate of drug-likeness (QED) is 0.280. The van der Waals surface area contributed by atoms with Gasteiger partial charge in [0.05, 0.1) is 25.9 Å². The number of nitrogens with one attached hydrogen (secondary N) is 2. The highest BCUT2D eigenvalue weighted by Crippen LogP contribution is 2.33. The van der Waals surface area contributed by atoms with Gasteiger partial charge in [-0.15, -0.1) is 0 Å². The number of hydrogen-bond acceptors (Lipinski definition) is 9. The Labute approximate surface area is 171 Å². The fourth-order valence-corrected chi connectivity index (χ4v) is 3.02. The molecule has 4 atom stereocenters. The molecule has 1 saturated heterocycles. The number of ether oxygens (including phenoxy) is 2. The normalized spacial score (nSPS) is 24.0. The van der Waals surface area contributed by atoms with Crippen LogP contribution in [0.5, 0.6) is 0 Å². The molecule has 4 N–H and O–H groups in total. The summed E-state index contributed by atoms with van der Waals surface area (Å²) in [5, 5.41) is 22.5. The average molecular weight is 423 g/mol. The van der Waals surface area contributed by atoms with Crippen molar-refractivity contribution in [1.82, 2.24) is 29.7 Å². The van der Waals surface area contributed by atoms with Gasteiger partial charge in [0.1, 0.15) is 18.3 Å². The molecule has 3 rings (SSSR count). The van der Waals surface area contributed by atoms with Gasteiger partial charge in [-0.2, -0.15) is 4.98 Å². The Morgan fingerprint density at radius 3 is 2.97 bits per heavy atom. The molecule has 2 aromatic heterocycles. The van der Waals surface area contributed by atoms with Crippen molar-refractivity contribution in [3.8, 4) is 0 Å². The number of aliphatic imine (C=N–C) groups is 1. The van der Waals surface area contributed by atoms with E-state index < -0.39 is 36.7 Å². The molecule has 3 heterocycles. The third-order valence-electron chi connectivity index (χ3n) is 4.52. The van der Waals surface area contributed by atoms with E-state index in [1.54, 1.807) is 19.0 Å². The molecular weight excluding hydrogens is 398 g/mol. The van der Waals surface area contributed by atoms with E-state index in [1.165, 1.54) is 24.3 Å². The number of hydrogen-bond donors (Lipinski definition) is 4. The van der Waals surface area contributed by atoms with E-state index in [0.29, 0.717) is 0 Å². The molecule has 1 amide bonds. The predicted octanol–water partition coefficient (Wildman–Crippen LogP) is -1.89. The van der Waals surface area contributed by atoms with Crippen LogP contribution in [0, 0.1) is 0 Å². The summed E-state index contributed by atoms with van der Waals surface area (Å²) >= 11 is 0. The third kappa shape index (κ3) is 4.48. The van der Waals surface area contributed by atoms with Crippen molar-refractivity contribution < 1.29 is 24.5 Å². The maximum Gasteiger partial charge on any atom is 0.280 e. The van der Waals surface area contributed by atoms with Gasteiger partial charge in [0, 0.05) is 27.6 Å². The minimum absolute atomic E-state index is 0.0262. The van der Waals surface area contributed by atoms with Crippen LogP contribution in [-0.4, -0.2) is 99.5 Å². The summed E-state index contributed by atoms with van der Waals surface area (Å²) < 4.78 is 12.9. The monoisotopic (exact) mass is 423 g/mol. The number of carbonyl (C=O) groups excluding carboxylic acids is 1. The molecule has 0 unspecified atom stereocenters. The number of H-pyrrole nitrogens is 1. The molecule has 1 fully saturated rings. The highest BCUT2D eigenvalue weighted by atomic mass is 16.6. The summed E-state index contributed by atoms with van der Waals surface area (Å²) in [5.41, 5.74) is -0.243. The minimum Gasteiger partial charge on any atom is -0.394 e. The van der Waals surface area contributed by atoms with Gasteiger partial charge in [-0.05, 0) is 0 Å². The Balaban J connectivity index is 1.94. The second-order valence-corrected chi connectivity index (χ2v) is 6.92. The maximum absolute atomic E-state index is 12.4. The van der Waals surface area contributed by atoms with Gasteiger partial charge < -0.3 is 29.9 Å². The Morgan fingerprint density at radius 1 is 1.53 bits per heavy atom. The molecule has 0 radical (unpaired) electrons. The number of carbonyl (C=O) groups is 1. The second-order valence-electron chi connectivity index (χ2n) is 6.92. The molecule has 164 valence electrons. The standard InChI is InChI=1S/C17H25N7O6/c1-18-10(26)4-5-29-13-12(27)9(6-25)30-16(13)24-8-19-11-14(24)21-17(22-15(11)28)20-7-23(2)3/h7-9,12-13,16,25,27H,4-6H2,1-3H3,(H,18,26)(H,21,22,28)/t9-,12-,13-,16-/m1/s1. The number of fused-ring (bicyclic) bond motifs is 1. The highest BCUT2D eigenvalue weighted by Gasteiger charge is 2.46. The van der Waals surface area contributed by atoms with Crippen molar-refractivity contribution in [3.05, 3.63) is 16.7 Å². The first-order valence-electron chi connectivity index (χ1n) is 9.29. The van der Waals surface area contributed by atoms with E-state index in [4.69, 9.17) is 9.47 Å². The number of aliphatic hydroxyl groups is 2. The topological polar surface area (TPSA) is 167 Å². The lowest BCUT2D eigenvalue weighted by molar-refractivity contribution is -0.123. The first-order chi connectivity index (χ1) is 14.3. The summed E-state index contributed by atoms with van der Waals surface area (Å²) in [6.45, 7) is -0.412. The Hall–Kier alpha value is -2.87. The first kappa shape index (κ1) is 21.8. The molecule has 30 heavy (non-hydrogen) atoms. The number of rotatable bonds is 8. The molecule has 1 aliphatic heterocycles. The Kier molecular flexibility index (Phi) is 6.77. The molecule has 2 aromatic rings. The SMILES string of the molecule is CNC(=O)CCO[C@@H]1[C@H](O)[C@@H](CO)O[C@H]1n1cnc2c(=O)[nH]c(N=CN(C)C)nc21. The van der Waals surface area contributed by atoms with Crippen molar-refractivity contribution in [2.75, 3.05) is 34.4 Å². The zero-order chi connectivity index (χ0) is 21.8. The van der Waals surface area contributed by atoms with Gasteiger partial charge in [0.15, 0.2) is 17.4 Å². The molecule has 0 spiro atoms. The van der Waals surface area contributed by atoms with Crippen LogP contribution < -0.4 is 10.9 Å². The summed E-state index contributed by atoms with van der Waals surface area (Å²) in [4.78, 5) is 40.5. The van der Waals surface area contributed by atoms with Crippen LogP contribution in [0.2, 0.25) is 0 Å². The van der Waals surface area contributed by atoms with Gasteiger partial charge in [-0.1, -0.05) is 0 Å². The van der Waals surface area contributed by atoms with Crippen molar-refractivity contribution in [2.45, 2.75) is 31.0 Å². The van der Waals surface area contributed by atoms with E-state index >= 15 is 0 Å². The summed E-state index contributed by atoms with van der Waals surface area (Å²) in [6.07, 6.45) is -1.000. The zero-order valence-corrected chi connectivity index (χ0v) is 16.8. The van der Waals surface area contributed by atoms with E-state index in [9.17, 15) is 19.8 Å². The van der Waals surface area contributed by atoms with Crippen molar-refractivity contribution in [2.24, 2.45) is 4.99 Å². The van der Waals surface area contributed by atoms with Crippen LogP contribution in [0.1, 0.15) is 12.6 Å². The summed E-state index contributed by atoms with van der Waals surface area (Å²) in [6, 6.07) is 0. The molecule has 0 aliphatic carbocycles. The number of aromatic amines is 1. The van der Waals surface area contributed by atoms with Crippen molar-refractivity contribution >= 4 is 29.4 Å². The maximum atomic E-state index is 12.4. The third-order valence-corrected chi connectivity index (χ3v) is 4.52. The van der Waals surface area contributed by atoms with Crippen LogP contribution in [0.25, 0.3) is 11.2 Å². The van der Waals surface area contributed by atoms with E-state index in [1.807, 2.05) is 0 Å². The lowest BCUT2D eigenvalue weighted by atomic mass is 10.1. The van der Waals surface area contributed by atoms with Crippen molar-refractivity contribution in [3.63, 3.8) is 0 Å². The van der Waals surface area contributed by atoms with Crippen LogP contribution >= 0.6 is 0 Å². The average Bonchev–Trinajstić information content (AvgIpc) is 3.27. The number of aliphatic hydroxyl groups excluding tert-OH is 2. The molecule has 0 saturated carbocycles. The molecule has 13 nitrogen and oxygen atoms in total. The lowest BCUT2D eigenvalue weighted by Gasteiger charge is -2.22. The molecule has 0 aromatic carbocycles. The fourth-order valence-electron chi connectivity index (χ4n) is 3.02. The number of aromatic nitrogens is 4. The van der Waals surface area contributed by atoms with Gasteiger partial charge >= 0.3 is 0 Å². The van der Waals surface area contributed by atoms with Gasteiger partial charge in [-0.25, -0.2) is 9.98 Å². The van der Waals surface area contributed by atoms with Crippen LogP contribution in [-0.2, 0) is 14.3 Å². The number of amides is 1.